The van der Waals surface area contributed by atoms with Crippen molar-refractivity contribution in [3.63, 3.8) is 0 Å². The third kappa shape index (κ3) is 2.33. The summed E-state index contributed by atoms with van der Waals surface area (Å²) in [4.78, 5) is 15.6. The number of rotatable bonds is 3. The van der Waals surface area contributed by atoms with Crippen molar-refractivity contribution >= 4 is 23.7 Å². The number of nitrogens with zero attached hydrogens (tertiary/aromatic N) is 3. The summed E-state index contributed by atoms with van der Waals surface area (Å²) in [7, 11) is 0. The Morgan fingerprint density at radius 1 is 1.55 bits per heavy atom. The molecule has 0 saturated heterocycles. The minimum absolute atomic E-state index is 0.0456. The van der Waals surface area contributed by atoms with Crippen LogP contribution in [0.15, 0.2) is 29.1 Å². The molecule has 0 spiro atoms. The number of hydrogen-bond donors (Lipinski definition) is 2. The van der Waals surface area contributed by atoms with Gasteiger partial charge in [0.15, 0.2) is 0 Å². The average molecular weight is 292 g/mol. The minimum atomic E-state index is -0.957. The number of nitrogens with one attached hydrogen (secondary N) is 1. The van der Waals surface area contributed by atoms with E-state index in [-0.39, 0.29) is 11.7 Å². The molecule has 6 nitrogen and oxygen atoms in total. The van der Waals surface area contributed by atoms with E-state index in [0.29, 0.717) is 17.0 Å². The first-order valence-corrected chi connectivity index (χ1v) is 7.79. The minimum Gasteiger partial charge on any atom is -0.477 e. The van der Waals surface area contributed by atoms with E-state index >= 15 is 0 Å². The first-order valence-electron chi connectivity index (χ1n) is 6.56. The van der Waals surface area contributed by atoms with E-state index in [9.17, 15) is 9.90 Å². The molecule has 0 radical (unpaired) electrons. The summed E-state index contributed by atoms with van der Waals surface area (Å²) < 4.78 is 1.82. The van der Waals surface area contributed by atoms with E-state index in [0.717, 1.165) is 19.3 Å². The van der Waals surface area contributed by atoms with Crippen molar-refractivity contribution in [2.45, 2.75) is 30.5 Å². The zero-order valence-corrected chi connectivity index (χ0v) is 11.9. The molecule has 0 fully saturated rings. The number of carboxylic acid groups (broad SMARTS) is 1. The second kappa shape index (κ2) is 5.32. The van der Waals surface area contributed by atoms with E-state index in [1.165, 1.54) is 11.8 Å². The first kappa shape index (κ1) is 13.2. The highest BCUT2D eigenvalue weighted by atomic mass is 32.2. The van der Waals surface area contributed by atoms with Gasteiger partial charge in [0, 0.05) is 0 Å². The van der Waals surface area contributed by atoms with Crippen molar-refractivity contribution in [1.82, 2.24) is 14.8 Å². The van der Waals surface area contributed by atoms with Gasteiger partial charge in [0.25, 0.3) is 0 Å². The molecule has 1 aromatic heterocycles. The topological polar surface area (TPSA) is 80.0 Å². The lowest BCUT2D eigenvalue weighted by molar-refractivity contribution is -0.132. The third-order valence-electron chi connectivity index (χ3n) is 3.68. The van der Waals surface area contributed by atoms with E-state index in [1.807, 2.05) is 10.9 Å². The maximum absolute atomic E-state index is 11.3. The van der Waals surface area contributed by atoms with E-state index in [4.69, 9.17) is 0 Å². The fourth-order valence-corrected chi connectivity index (χ4v) is 3.02. The Morgan fingerprint density at radius 2 is 2.40 bits per heavy atom. The normalized spacial score (nSPS) is 24.8. The van der Waals surface area contributed by atoms with Gasteiger partial charge >= 0.3 is 5.97 Å². The zero-order valence-electron chi connectivity index (χ0n) is 11.1. The van der Waals surface area contributed by atoms with Crippen LogP contribution in [0.5, 0.6) is 0 Å². The molecule has 106 valence electrons. The Kier molecular flexibility index (Phi) is 3.52. The highest BCUT2D eigenvalue weighted by Crippen LogP contribution is 2.36. The van der Waals surface area contributed by atoms with Crippen LogP contribution in [-0.2, 0) is 4.79 Å². The summed E-state index contributed by atoms with van der Waals surface area (Å²) in [6.45, 7) is 0. The van der Waals surface area contributed by atoms with Gasteiger partial charge in [0.2, 0.25) is 11.1 Å². The van der Waals surface area contributed by atoms with Crippen molar-refractivity contribution in [3.8, 4) is 0 Å². The van der Waals surface area contributed by atoms with Gasteiger partial charge in [-0.05, 0) is 37.5 Å². The molecular weight excluding hydrogens is 276 g/mol. The third-order valence-corrected chi connectivity index (χ3v) is 4.22. The molecular formula is C13H16N4O2S. The molecule has 20 heavy (non-hydrogen) atoms. The number of aromatic nitrogens is 3. The molecule has 2 atom stereocenters. The summed E-state index contributed by atoms with van der Waals surface area (Å²) in [5.41, 5.74) is 0.192. The molecule has 0 amide bonds. The highest BCUT2D eigenvalue weighted by molar-refractivity contribution is 7.98. The lowest BCUT2D eigenvalue weighted by Crippen LogP contribution is -2.28. The maximum atomic E-state index is 11.3. The number of aliphatic carboxylic acids is 1. The van der Waals surface area contributed by atoms with Crippen molar-refractivity contribution < 1.29 is 9.90 Å². The summed E-state index contributed by atoms with van der Waals surface area (Å²) >= 11 is 1.45. The van der Waals surface area contributed by atoms with Crippen LogP contribution in [0, 0.1) is 5.92 Å². The average Bonchev–Trinajstić information content (AvgIpc) is 2.90. The summed E-state index contributed by atoms with van der Waals surface area (Å²) in [5, 5.41) is 17.2. The van der Waals surface area contributed by atoms with Crippen molar-refractivity contribution in [3.05, 3.63) is 23.9 Å². The lowest BCUT2D eigenvalue weighted by Gasteiger charge is -2.29. The van der Waals surface area contributed by atoms with E-state index in [2.05, 4.69) is 27.6 Å². The maximum Gasteiger partial charge on any atom is 0.352 e. The zero-order chi connectivity index (χ0) is 14.1. The van der Waals surface area contributed by atoms with Gasteiger partial charge in [-0.1, -0.05) is 23.9 Å². The summed E-state index contributed by atoms with van der Waals surface area (Å²) in [5.74, 6) is -0.0679. The van der Waals surface area contributed by atoms with Crippen LogP contribution in [0.25, 0.3) is 0 Å². The predicted octanol–water partition coefficient (Wildman–Crippen LogP) is 2.29. The second-order valence-electron chi connectivity index (χ2n) is 4.91. The second-order valence-corrected chi connectivity index (χ2v) is 5.69. The highest BCUT2D eigenvalue weighted by Gasteiger charge is 2.31. The molecule has 1 aromatic rings. The van der Waals surface area contributed by atoms with E-state index in [1.54, 1.807) is 6.08 Å². The number of hydrogen-bond acceptors (Lipinski definition) is 5. The van der Waals surface area contributed by atoms with Crippen LogP contribution in [0.1, 0.15) is 25.3 Å². The molecule has 7 heteroatoms. The Balaban J connectivity index is 1.99. The Labute approximate surface area is 121 Å². The number of fused-ring (bicyclic) bond motifs is 1. The number of carboxylic acids is 1. The quantitative estimate of drug-likeness (QED) is 0.657. The van der Waals surface area contributed by atoms with Gasteiger partial charge in [-0.3, -0.25) is 0 Å². The molecule has 0 bridgehead atoms. The predicted molar refractivity (Wildman–Crippen MR) is 76.7 cm³/mol. The van der Waals surface area contributed by atoms with Crippen LogP contribution in [0.3, 0.4) is 0 Å². The summed E-state index contributed by atoms with van der Waals surface area (Å²) in [6.07, 6.45) is 11.0. The number of anilines is 1. The smallest absolute Gasteiger partial charge is 0.352 e. The first-order chi connectivity index (χ1) is 9.69. The molecule has 1 aliphatic heterocycles. The van der Waals surface area contributed by atoms with Crippen LogP contribution in [0.2, 0.25) is 0 Å². The van der Waals surface area contributed by atoms with Gasteiger partial charge in [-0.15, -0.1) is 5.10 Å². The standard InChI is InChI=1S/C13H16N4O2S/c1-20-13-15-12-14-9(11(18)19)7-10(17(12)16-13)8-5-3-2-4-6-8/h2-3,7-8,10H,4-6H2,1H3,(H,18,19)(H,14,15,16). The van der Waals surface area contributed by atoms with Gasteiger partial charge < -0.3 is 10.4 Å². The molecule has 0 aromatic carbocycles. The molecule has 2 N–H and O–H groups in total. The van der Waals surface area contributed by atoms with Crippen LogP contribution >= 0.6 is 11.8 Å². The van der Waals surface area contributed by atoms with Crippen molar-refractivity contribution in [1.29, 1.82) is 0 Å². The molecule has 2 heterocycles. The van der Waals surface area contributed by atoms with Crippen LogP contribution < -0.4 is 5.32 Å². The van der Waals surface area contributed by atoms with Crippen LogP contribution in [-0.4, -0.2) is 32.1 Å². The lowest BCUT2D eigenvalue weighted by atomic mass is 9.87. The Morgan fingerprint density at radius 3 is 3.05 bits per heavy atom. The molecule has 2 unspecified atom stereocenters. The summed E-state index contributed by atoms with van der Waals surface area (Å²) in [6, 6.07) is -0.0456. The van der Waals surface area contributed by atoms with Crippen molar-refractivity contribution in [2.24, 2.45) is 5.92 Å². The van der Waals surface area contributed by atoms with Gasteiger partial charge in [0.05, 0.1) is 6.04 Å². The Bertz CT molecular complexity index is 593. The number of allylic oxidation sites excluding steroid dienone is 3. The largest absolute Gasteiger partial charge is 0.477 e. The monoisotopic (exact) mass is 292 g/mol. The van der Waals surface area contributed by atoms with Gasteiger partial charge in [0.1, 0.15) is 5.70 Å². The molecule has 2 aliphatic rings. The molecule has 1 aliphatic carbocycles. The number of thioether (sulfide) groups is 1. The van der Waals surface area contributed by atoms with Gasteiger partial charge in [-0.2, -0.15) is 4.98 Å². The van der Waals surface area contributed by atoms with Crippen LogP contribution in [0.4, 0.5) is 5.95 Å². The fourth-order valence-electron chi connectivity index (χ4n) is 2.67. The number of carbonyl (C=O) groups is 1. The van der Waals surface area contributed by atoms with E-state index < -0.39 is 5.97 Å². The van der Waals surface area contributed by atoms with Gasteiger partial charge in [-0.25, -0.2) is 9.48 Å². The SMILES string of the molecule is CSc1nc2n(n1)C(C1CC=CCC1)C=C(C(=O)O)N2. The van der Waals surface area contributed by atoms with Crippen molar-refractivity contribution in [2.75, 3.05) is 11.6 Å². The Hall–Kier alpha value is -1.76. The molecule has 3 rings (SSSR count). The fraction of sp³-hybridized carbons (Fsp3) is 0.462. The molecule has 0 saturated carbocycles.